The van der Waals surface area contributed by atoms with Crippen LogP contribution in [0.1, 0.15) is 11.7 Å². The Hall–Kier alpha value is -1.63. The molecule has 0 radical (unpaired) electrons. The maximum atomic E-state index is 5.80. The molecule has 2 aromatic rings. The van der Waals surface area contributed by atoms with Crippen LogP contribution in [-0.4, -0.2) is 21.6 Å². The molecule has 0 spiro atoms. The monoisotopic (exact) mass is 267 g/mol. The zero-order chi connectivity index (χ0) is 13.0. The highest BCUT2D eigenvalue weighted by molar-refractivity contribution is 6.30. The van der Waals surface area contributed by atoms with Crippen molar-refractivity contribution < 1.29 is 4.74 Å². The van der Waals surface area contributed by atoms with Gasteiger partial charge in [-0.2, -0.15) is 0 Å². The SMILES string of the molecule is Cn1nncc1C(COc1ccc(Cl)cc1)NN. The highest BCUT2D eigenvalue weighted by Gasteiger charge is 2.14. The summed E-state index contributed by atoms with van der Waals surface area (Å²) in [6, 6.07) is 6.97. The highest BCUT2D eigenvalue weighted by atomic mass is 35.5. The van der Waals surface area contributed by atoms with Crippen molar-refractivity contribution in [2.24, 2.45) is 12.9 Å². The lowest BCUT2D eigenvalue weighted by molar-refractivity contribution is 0.261. The Morgan fingerprint density at radius 2 is 2.17 bits per heavy atom. The van der Waals surface area contributed by atoms with Gasteiger partial charge in [0.05, 0.1) is 17.9 Å². The average molecular weight is 268 g/mol. The van der Waals surface area contributed by atoms with E-state index in [1.165, 1.54) is 0 Å². The Morgan fingerprint density at radius 3 is 2.72 bits per heavy atom. The Bertz CT molecular complexity index is 498. The summed E-state index contributed by atoms with van der Waals surface area (Å²) in [6.07, 6.45) is 1.65. The van der Waals surface area contributed by atoms with Crippen molar-refractivity contribution in [2.75, 3.05) is 6.61 Å². The number of nitrogens with zero attached hydrogens (tertiary/aromatic N) is 3. The van der Waals surface area contributed by atoms with Gasteiger partial charge >= 0.3 is 0 Å². The first-order chi connectivity index (χ1) is 8.70. The molecule has 1 unspecified atom stereocenters. The van der Waals surface area contributed by atoms with Gasteiger partial charge in [0.1, 0.15) is 12.4 Å². The maximum absolute atomic E-state index is 5.80. The summed E-state index contributed by atoms with van der Waals surface area (Å²) in [5.74, 6) is 6.23. The smallest absolute Gasteiger partial charge is 0.119 e. The molecule has 0 bridgehead atoms. The number of halogens is 1. The van der Waals surface area contributed by atoms with Gasteiger partial charge in [0.15, 0.2) is 0 Å². The van der Waals surface area contributed by atoms with Crippen molar-refractivity contribution in [3.05, 3.63) is 41.2 Å². The zero-order valence-electron chi connectivity index (χ0n) is 9.88. The molecule has 0 amide bonds. The number of hydrogen-bond acceptors (Lipinski definition) is 5. The van der Waals surface area contributed by atoms with Gasteiger partial charge in [0, 0.05) is 12.1 Å². The van der Waals surface area contributed by atoms with Crippen molar-refractivity contribution in [3.63, 3.8) is 0 Å². The molecular weight excluding hydrogens is 254 g/mol. The van der Waals surface area contributed by atoms with Gasteiger partial charge in [-0.1, -0.05) is 16.8 Å². The molecule has 6 nitrogen and oxygen atoms in total. The Kier molecular flexibility index (Phi) is 4.14. The lowest BCUT2D eigenvalue weighted by Crippen LogP contribution is -2.33. The van der Waals surface area contributed by atoms with Crippen LogP contribution < -0.4 is 16.0 Å². The maximum Gasteiger partial charge on any atom is 0.119 e. The van der Waals surface area contributed by atoms with Crippen LogP contribution in [0, 0.1) is 0 Å². The van der Waals surface area contributed by atoms with E-state index >= 15 is 0 Å². The summed E-state index contributed by atoms with van der Waals surface area (Å²) in [4.78, 5) is 0. The second-order valence-electron chi connectivity index (χ2n) is 3.77. The molecule has 0 aliphatic heterocycles. The fourth-order valence-corrected chi connectivity index (χ4v) is 1.67. The zero-order valence-corrected chi connectivity index (χ0v) is 10.6. The average Bonchev–Trinajstić information content (AvgIpc) is 2.79. The van der Waals surface area contributed by atoms with E-state index < -0.39 is 0 Å². The van der Waals surface area contributed by atoms with E-state index in [0.717, 1.165) is 11.4 Å². The number of hydrazine groups is 1. The number of hydrogen-bond donors (Lipinski definition) is 2. The summed E-state index contributed by atoms with van der Waals surface area (Å²) in [5, 5.41) is 8.32. The minimum atomic E-state index is -0.180. The second-order valence-corrected chi connectivity index (χ2v) is 4.20. The summed E-state index contributed by atoms with van der Waals surface area (Å²) in [7, 11) is 1.80. The first kappa shape index (κ1) is 12.8. The van der Waals surface area contributed by atoms with Crippen molar-refractivity contribution in [1.29, 1.82) is 0 Å². The molecule has 1 atom stereocenters. The molecule has 0 fully saturated rings. The van der Waals surface area contributed by atoms with Gasteiger partial charge in [0.2, 0.25) is 0 Å². The van der Waals surface area contributed by atoms with Gasteiger partial charge in [-0.05, 0) is 24.3 Å². The van der Waals surface area contributed by atoms with Crippen LogP contribution in [0.15, 0.2) is 30.5 Å². The predicted octanol–water partition coefficient (Wildman–Crippen LogP) is 1.05. The largest absolute Gasteiger partial charge is 0.491 e. The molecular formula is C11H14ClN5O. The van der Waals surface area contributed by atoms with Crippen LogP contribution in [0.3, 0.4) is 0 Å². The lowest BCUT2D eigenvalue weighted by Gasteiger charge is -2.16. The fourth-order valence-electron chi connectivity index (χ4n) is 1.54. The third-order valence-corrected chi connectivity index (χ3v) is 2.79. The highest BCUT2D eigenvalue weighted by Crippen LogP contribution is 2.17. The van der Waals surface area contributed by atoms with Crippen LogP contribution in [0.5, 0.6) is 5.75 Å². The molecule has 18 heavy (non-hydrogen) atoms. The molecule has 0 aliphatic carbocycles. The first-order valence-corrected chi connectivity index (χ1v) is 5.77. The van der Waals surface area contributed by atoms with Crippen molar-refractivity contribution in [2.45, 2.75) is 6.04 Å². The number of aryl methyl sites for hydroxylation is 1. The van der Waals surface area contributed by atoms with E-state index in [0.29, 0.717) is 11.6 Å². The summed E-state index contributed by atoms with van der Waals surface area (Å²) in [6.45, 7) is 0.374. The van der Waals surface area contributed by atoms with Gasteiger partial charge < -0.3 is 4.74 Å². The van der Waals surface area contributed by atoms with Crippen LogP contribution in [0.25, 0.3) is 0 Å². The van der Waals surface area contributed by atoms with Crippen LogP contribution in [0.2, 0.25) is 5.02 Å². The van der Waals surface area contributed by atoms with Gasteiger partial charge in [-0.3, -0.25) is 10.5 Å². The molecule has 0 aliphatic rings. The minimum absolute atomic E-state index is 0.180. The van der Waals surface area contributed by atoms with Gasteiger partial charge in [-0.15, -0.1) is 5.10 Å². The quantitative estimate of drug-likeness (QED) is 0.625. The first-order valence-electron chi connectivity index (χ1n) is 5.40. The Balaban J connectivity index is 2.00. The van der Waals surface area contributed by atoms with Crippen LogP contribution in [-0.2, 0) is 7.05 Å². The van der Waals surface area contributed by atoms with E-state index in [9.17, 15) is 0 Å². The van der Waals surface area contributed by atoms with Crippen LogP contribution >= 0.6 is 11.6 Å². The topological polar surface area (TPSA) is 78.0 Å². The normalized spacial score (nSPS) is 12.4. The minimum Gasteiger partial charge on any atom is -0.491 e. The van der Waals surface area contributed by atoms with Gasteiger partial charge in [-0.25, -0.2) is 5.43 Å². The Morgan fingerprint density at radius 1 is 1.44 bits per heavy atom. The lowest BCUT2D eigenvalue weighted by atomic mass is 10.2. The summed E-state index contributed by atoms with van der Waals surface area (Å²) in [5.41, 5.74) is 3.53. The number of benzene rings is 1. The third-order valence-electron chi connectivity index (χ3n) is 2.54. The molecule has 0 saturated carbocycles. The van der Waals surface area contributed by atoms with Crippen molar-refractivity contribution >= 4 is 11.6 Å². The number of rotatable bonds is 5. The van der Waals surface area contributed by atoms with Crippen molar-refractivity contribution in [1.82, 2.24) is 20.4 Å². The molecule has 1 heterocycles. The molecule has 0 saturated heterocycles. The molecule has 1 aromatic carbocycles. The van der Waals surface area contributed by atoms with E-state index in [2.05, 4.69) is 15.7 Å². The Labute approximate surface area is 110 Å². The standard InChI is InChI=1S/C11H14ClN5O/c1-17-11(6-14-16-17)10(15-13)7-18-9-4-2-8(12)3-5-9/h2-6,10,15H,7,13H2,1H3. The van der Waals surface area contributed by atoms with E-state index in [-0.39, 0.29) is 6.04 Å². The van der Waals surface area contributed by atoms with E-state index in [1.54, 1.807) is 42.2 Å². The summed E-state index contributed by atoms with van der Waals surface area (Å²) >= 11 is 5.80. The second kappa shape index (κ2) is 5.81. The molecule has 96 valence electrons. The number of aromatic nitrogens is 3. The van der Waals surface area contributed by atoms with Crippen LogP contribution in [0.4, 0.5) is 0 Å². The van der Waals surface area contributed by atoms with Gasteiger partial charge in [0.25, 0.3) is 0 Å². The van der Waals surface area contributed by atoms with Crippen molar-refractivity contribution in [3.8, 4) is 5.75 Å². The number of ether oxygens (including phenoxy) is 1. The molecule has 7 heteroatoms. The predicted molar refractivity (Wildman–Crippen MR) is 68.0 cm³/mol. The molecule has 1 aromatic heterocycles. The molecule has 3 N–H and O–H groups in total. The summed E-state index contributed by atoms with van der Waals surface area (Å²) < 4.78 is 7.27. The van der Waals surface area contributed by atoms with E-state index in [4.69, 9.17) is 22.2 Å². The third kappa shape index (κ3) is 2.98. The molecule has 2 rings (SSSR count). The number of nitrogens with one attached hydrogen (secondary N) is 1. The number of nitrogens with two attached hydrogens (primary N) is 1. The fraction of sp³-hybridized carbons (Fsp3) is 0.273. The van der Waals surface area contributed by atoms with E-state index in [1.807, 2.05) is 0 Å².